The molecule has 0 saturated carbocycles. The van der Waals surface area contributed by atoms with E-state index in [1.54, 1.807) is 0 Å². The van der Waals surface area contributed by atoms with Gasteiger partial charge in [0, 0.05) is 13.0 Å². The highest BCUT2D eigenvalue weighted by atomic mass is 32.2. The van der Waals surface area contributed by atoms with Gasteiger partial charge >= 0.3 is 0 Å². The van der Waals surface area contributed by atoms with Gasteiger partial charge in [-0.25, -0.2) is 0 Å². The van der Waals surface area contributed by atoms with Gasteiger partial charge in [-0.15, -0.1) is 0 Å². The smallest absolute Gasteiger partial charge is 0.268 e. The average Bonchev–Trinajstić information content (AvgIpc) is 2.46. The molecule has 1 fully saturated rings. The Labute approximate surface area is 99.1 Å². The van der Waals surface area contributed by atoms with Crippen molar-refractivity contribution in [1.29, 1.82) is 0 Å². The zero-order valence-electron chi connectivity index (χ0n) is 8.81. The first-order chi connectivity index (χ1) is 7.52. The average molecular weight is 290 g/mol. The fraction of sp³-hybridized carbons (Fsp3) is 1.00. The Bertz CT molecular complexity index is 458. The molecule has 2 atom stereocenters. The molecule has 0 aromatic heterocycles. The van der Waals surface area contributed by atoms with Crippen LogP contribution < -0.4 is 0 Å². The van der Waals surface area contributed by atoms with Crippen LogP contribution in [0.5, 0.6) is 0 Å². The topological polar surface area (TPSA) is 138 Å². The fourth-order valence-electron chi connectivity index (χ4n) is 1.67. The molecule has 0 amide bonds. The SMILES string of the molecule is O=S(=O)(O)CC(CC1(O)CCOC1)S(=O)(=O)O. The third-order valence-electron chi connectivity index (χ3n) is 2.51. The second kappa shape index (κ2) is 4.78. The summed E-state index contributed by atoms with van der Waals surface area (Å²) in [5, 5.41) is 8.07. The van der Waals surface area contributed by atoms with Gasteiger partial charge in [-0.3, -0.25) is 9.11 Å². The Morgan fingerprint density at radius 3 is 2.18 bits per heavy atom. The number of ether oxygens (including phenoxy) is 1. The van der Waals surface area contributed by atoms with Crippen LogP contribution in [-0.4, -0.2) is 60.9 Å². The largest absolute Gasteiger partial charge is 0.387 e. The predicted octanol–water partition coefficient (Wildman–Crippen LogP) is -1.33. The molecular formula is C7H14O8S2. The van der Waals surface area contributed by atoms with Crippen molar-refractivity contribution in [3.8, 4) is 0 Å². The monoisotopic (exact) mass is 290 g/mol. The quantitative estimate of drug-likeness (QED) is 0.529. The van der Waals surface area contributed by atoms with Gasteiger partial charge in [0.2, 0.25) is 0 Å². The summed E-state index contributed by atoms with van der Waals surface area (Å²) in [5.74, 6) is -1.16. The summed E-state index contributed by atoms with van der Waals surface area (Å²) in [5.41, 5.74) is -1.49. The van der Waals surface area contributed by atoms with Crippen LogP contribution in [0.4, 0.5) is 0 Å². The molecule has 8 nitrogen and oxygen atoms in total. The van der Waals surface area contributed by atoms with Crippen LogP contribution in [0.2, 0.25) is 0 Å². The Morgan fingerprint density at radius 1 is 1.24 bits per heavy atom. The van der Waals surface area contributed by atoms with Crippen LogP contribution in [0.3, 0.4) is 0 Å². The lowest BCUT2D eigenvalue weighted by Crippen LogP contribution is -2.40. The maximum atomic E-state index is 11.0. The van der Waals surface area contributed by atoms with E-state index in [4.69, 9.17) is 13.8 Å². The summed E-state index contributed by atoms with van der Waals surface area (Å²) in [6, 6.07) is 0. The molecule has 1 aliphatic heterocycles. The van der Waals surface area contributed by atoms with Crippen molar-refractivity contribution in [2.75, 3.05) is 19.0 Å². The summed E-state index contributed by atoms with van der Waals surface area (Å²) in [4.78, 5) is 0. The first kappa shape index (κ1) is 14.8. The van der Waals surface area contributed by atoms with Crippen molar-refractivity contribution in [2.45, 2.75) is 23.7 Å². The number of hydrogen-bond donors (Lipinski definition) is 3. The normalized spacial score (nSPS) is 28.2. The van der Waals surface area contributed by atoms with Crippen molar-refractivity contribution in [2.24, 2.45) is 0 Å². The highest BCUT2D eigenvalue weighted by molar-refractivity contribution is 7.90. The fourth-order valence-corrected chi connectivity index (χ4v) is 3.98. The van der Waals surface area contributed by atoms with E-state index in [0.717, 1.165) is 0 Å². The summed E-state index contributed by atoms with van der Waals surface area (Å²) in [7, 11) is -9.24. The minimum atomic E-state index is -4.68. The molecule has 0 aromatic rings. The molecule has 1 heterocycles. The molecule has 0 spiro atoms. The van der Waals surface area contributed by atoms with E-state index >= 15 is 0 Å². The minimum absolute atomic E-state index is 0.134. The summed E-state index contributed by atoms with van der Waals surface area (Å²) in [6.45, 7) is 0.0884. The van der Waals surface area contributed by atoms with Gasteiger partial charge in [-0.2, -0.15) is 16.8 Å². The highest BCUT2D eigenvalue weighted by Crippen LogP contribution is 2.26. The number of hydrogen-bond acceptors (Lipinski definition) is 6. The molecule has 1 rings (SSSR count). The van der Waals surface area contributed by atoms with Gasteiger partial charge in [0.25, 0.3) is 20.2 Å². The molecule has 0 bridgehead atoms. The standard InChI is InChI=1S/C7H14O8S2/c8-7(1-2-15-5-7)3-6(17(12,13)14)4-16(9,10)11/h6,8H,1-5H2,(H,9,10,11)(H,12,13,14). The van der Waals surface area contributed by atoms with Crippen LogP contribution in [0.15, 0.2) is 0 Å². The predicted molar refractivity (Wildman–Crippen MR) is 56.8 cm³/mol. The first-order valence-electron chi connectivity index (χ1n) is 4.73. The summed E-state index contributed by atoms with van der Waals surface area (Å²) in [6.07, 6.45) is -0.365. The maximum Gasteiger partial charge on any atom is 0.268 e. The van der Waals surface area contributed by atoms with Crippen LogP contribution in [0, 0.1) is 0 Å². The van der Waals surface area contributed by atoms with Crippen molar-refractivity contribution in [1.82, 2.24) is 0 Å². The molecule has 2 unspecified atom stereocenters. The second-order valence-electron chi connectivity index (χ2n) is 4.12. The molecule has 3 N–H and O–H groups in total. The van der Waals surface area contributed by atoms with Crippen molar-refractivity contribution in [3.63, 3.8) is 0 Å². The molecule has 1 aliphatic rings. The van der Waals surface area contributed by atoms with E-state index in [1.165, 1.54) is 0 Å². The van der Waals surface area contributed by atoms with Crippen LogP contribution >= 0.6 is 0 Å². The van der Waals surface area contributed by atoms with Gasteiger partial charge in [0.15, 0.2) is 0 Å². The van der Waals surface area contributed by atoms with E-state index in [2.05, 4.69) is 0 Å². The van der Waals surface area contributed by atoms with Crippen LogP contribution in [-0.2, 0) is 25.0 Å². The Kier molecular flexibility index (Phi) is 4.16. The molecule has 0 radical (unpaired) electrons. The summed E-state index contributed by atoms with van der Waals surface area (Å²) < 4.78 is 65.5. The molecule has 1 saturated heterocycles. The number of rotatable bonds is 5. The molecule has 102 valence electrons. The van der Waals surface area contributed by atoms with Gasteiger partial charge in [-0.05, 0) is 6.42 Å². The lowest BCUT2D eigenvalue weighted by molar-refractivity contribution is 0.0191. The van der Waals surface area contributed by atoms with Gasteiger partial charge in [-0.1, -0.05) is 0 Å². The van der Waals surface area contributed by atoms with E-state index in [-0.39, 0.29) is 19.6 Å². The van der Waals surface area contributed by atoms with E-state index in [1.807, 2.05) is 0 Å². The third-order valence-corrected chi connectivity index (χ3v) is 4.72. The van der Waals surface area contributed by atoms with Crippen LogP contribution in [0.25, 0.3) is 0 Å². The first-order valence-corrected chi connectivity index (χ1v) is 7.85. The molecule has 0 aliphatic carbocycles. The Morgan fingerprint density at radius 2 is 1.82 bits per heavy atom. The molecule has 0 aromatic carbocycles. The zero-order valence-corrected chi connectivity index (χ0v) is 10.4. The van der Waals surface area contributed by atoms with Gasteiger partial charge in [0.1, 0.15) is 5.25 Å². The van der Waals surface area contributed by atoms with E-state index < -0.39 is 43.3 Å². The lowest BCUT2D eigenvalue weighted by Gasteiger charge is -2.24. The van der Waals surface area contributed by atoms with Crippen molar-refractivity contribution in [3.05, 3.63) is 0 Å². The Hall–Kier alpha value is -0.260. The van der Waals surface area contributed by atoms with E-state index in [9.17, 15) is 21.9 Å². The second-order valence-corrected chi connectivity index (χ2v) is 7.31. The molecular weight excluding hydrogens is 276 g/mol. The Balaban J connectivity index is 2.85. The third kappa shape index (κ3) is 4.85. The highest BCUT2D eigenvalue weighted by Gasteiger charge is 2.40. The molecule has 17 heavy (non-hydrogen) atoms. The zero-order chi connectivity index (χ0) is 13.3. The maximum absolute atomic E-state index is 11.0. The van der Waals surface area contributed by atoms with Gasteiger partial charge < -0.3 is 9.84 Å². The lowest BCUT2D eigenvalue weighted by atomic mass is 9.97. The van der Waals surface area contributed by atoms with Crippen molar-refractivity contribution < 1.29 is 35.8 Å². The minimum Gasteiger partial charge on any atom is -0.387 e. The van der Waals surface area contributed by atoms with Crippen LogP contribution in [0.1, 0.15) is 12.8 Å². The van der Waals surface area contributed by atoms with E-state index in [0.29, 0.717) is 0 Å². The van der Waals surface area contributed by atoms with Crippen molar-refractivity contribution >= 4 is 20.2 Å². The number of aliphatic hydroxyl groups is 1. The summed E-state index contributed by atoms with van der Waals surface area (Å²) >= 11 is 0. The van der Waals surface area contributed by atoms with Gasteiger partial charge in [0.05, 0.1) is 18.0 Å². The molecule has 10 heteroatoms.